The molecule has 0 radical (unpaired) electrons. The van der Waals surface area contributed by atoms with Crippen molar-refractivity contribution < 1.29 is 13.8 Å². The lowest BCUT2D eigenvalue weighted by Gasteiger charge is -2.00. The monoisotopic (exact) mass is 208 g/mol. The van der Waals surface area contributed by atoms with Crippen molar-refractivity contribution in [3.05, 3.63) is 35.4 Å². The second kappa shape index (κ2) is 3.15. The smallest absolute Gasteiger partial charge is 0.267 e. The van der Waals surface area contributed by atoms with Crippen LogP contribution in [0.4, 0.5) is 0 Å². The summed E-state index contributed by atoms with van der Waals surface area (Å²) < 4.78 is 13.3. The normalized spacial score (nSPS) is 14.1. The molecule has 0 saturated carbocycles. The third kappa shape index (κ3) is 1.08. The Morgan fingerprint density at radius 2 is 1.57 bits per heavy atom. The van der Waals surface area contributed by atoms with E-state index in [0.717, 1.165) is 0 Å². The lowest BCUT2D eigenvalue weighted by molar-refractivity contribution is 0.0663. The quantitative estimate of drug-likeness (QED) is 0.634. The summed E-state index contributed by atoms with van der Waals surface area (Å²) in [6.07, 6.45) is 0. The second-order valence-electron chi connectivity index (χ2n) is 2.62. The number of hydrogen-bond acceptors (Lipinski definition) is 4. The van der Waals surface area contributed by atoms with Crippen molar-refractivity contribution in [3.8, 4) is 0 Å². The molecule has 2 amide bonds. The van der Waals surface area contributed by atoms with Gasteiger partial charge in [-0.2, -0.15) is 4.21 Å². The van der Waals surface area contributed by atoms with Crippen LogP contribution in [-0.4, -0.2) is 21.0 Å². The fraction of sp³-hybridized carbons (Fsp3) is 0. The molecule has 1 aromatic carbocycles. The van der Waals surface area contributed by atoms with Crippen molar-refractivity contribution in [2.45, 2.75) is 0 Å². The number of amides is 2. The molecule has 0 atom stereocenters. The van der Waals surface area contributed by atoms with Crippen LogP contribution in [0, 0.1) is 0 Å². The molecule has 14 heavy (non-hydrogen) atoms. The molecule has 0 aromatic heterocycles. The molecule has 1 aliphatic heterocycles. The zero-order chi connectivity index (χ0) is 10.1. The van der Waals surface area contributed by atoms with E-state index < -0.39 is 11.8 Å². The number of carbonyl (C=O) groups is 2. The molecule has 0 fully saturated rings. The summed E-state index contributed by atoms with van der Waals surface area (Å²) in [6.45, 7) is 0. The molecule has 0 bridgehead atoms. The maximum atomic E-state index is 11.5. The first-order chi connectivity index (χ1) is 6.75. The van der Waals surface area contributed by atoms with Crippen molar-refractivity contribution >= 4 is 23.3 Å². The van der Waals surface area contributed by atoms with Gasteiger partial charge in [-0.15, -0.1) is 5.01 Å². The number of carbonyl (C=O) groups excluding carboxylic acids is 2. The zero-order valence-corrected chi connectivity index (χ0v) is 7.65. The highest BCUT2D eigenvalue weighted by Crippen LogP contribution is 2.22. The van der Waals surface area contributed by atoms with Crippen molar-refractivity contribution in [2.75, 3.05) is 0 Å². The van der Waals surface area contributed by atoms with E-state index in [1.54, 1.807) is 12.1 Å². The molecule has 0 spiro atoms. The molecular formula is C8H4N2O3S. The third-order valence-corrected chi connectivity index (χ3v) is 2.12. The highest BCUT2D eigenvalue weighted by atomic mass is 32.1. The van der Waals surface area contributed by atoms with Crippen molar-refractivity contribution in [3.63, 3.8) is 0 Å². The first-order valence-electron chi connectivity index (χ1n) is 3.73. The van der Waals surface area contributed by atoms with Crippen LogP contribution in [-0.2, 0) is 11.5 Å². The van der Waals surface area contributed by atoms with E-state index in [9.17, 15) is 13.8 Å². The van der Waals surface area contributed by atoms with E-state index in [1.165, 1.54) is 12.1 Å². The van der Waals surface area contributed by atoms with Crippen LogP contribution in [0.2, 0.25) is 0 Å². The van der Waals surface area contributed by atoms with E-state index in [1.807, 2.05) is 0 Å². The summed E-state index contributed by atoms with van der Waals surface area (Å²) in [5, 5.41) is 0.586. The van der Waals surface area contributed by atoms with Gasteiger partial charge in [0.1, 0.15) is 0 Å². The van der Waals surface area contributed by atoms with Gasteiger partial charge in [0, 0.05) is 0 Å². The molecule has 1 aliphatic rings. The Labute approximate surface area is 82.6 Å². The van der Waals surface area contributed by atoms with Crippen LogP contribution in [0.5, 0.6) is 0 Å². The second-order valence-corrected chi connectivity index (χ2v) is 2.94. The first kappa shape index (κ1) is 8.76. The minimum Gasteiger partial charge on any atom is -0.267 e. The Morgan fingerprint density at radius 3 is 2.00 bits per heavy atom. The molecular weight excluding hydrogens is 204 g/mol. The molecule has 0 unspecified atom stereocenters. The number of nitrogens with zero attached hydrogens (tertiary/aromatic N) is 2. The maximum absolute atomic E-state index is 11.5. The number of fused-ring (bicyclic) bond motifs is 1. The van der Waals surface area contributed by atoms with Gasteiger partial charge in [0.05, 0.1) is 11.1 Å². The van der Waals surface area contributed by atoms with E-state index in [-0.39, 0.29) is 22.6 Å². The summed E-state index contributed by atoms with van der Waals surface area (Å²) >= 11 is -0.164. The van der Waals surface area contributed by atoms with Gasteiger partial charge >= 0.3 is 0 Å². The molecule has 0 aliphatic carbocycles. The molecule has 1 heterocycles. The van der Waals surface area contributed by atoms with Crippen LogP contribution in [0.15, 0.2) is 28.7 Å². The summed E-state index contributed by atoms with van der Waals surface area (Å²) in [5.74, 6) is -1.09. The number of rotatable bonds is 1. The summed E-state index contributed by atoms with van der Waals surface area (Å²) in [6, 6.07) is 6.36. The van der Waals surface area contributed by atoms with E-state index in [4.69, 9.17) is 0 Å². The third-order valence-electron chi connectivity index (χ3n) is 1.89. The van der Waals surface area contributed by atoms with Crippen LogP contribution < -0.4 is 0 Å². The average Bonchev–Trinajstić information content (AvgIpc) is 2.45. The van der Waals surface area contributed by atoms with Gasteiger partial charge in [-0.3, -0.25) is 9.59 Å². The summed E-state index contributed by atoms with van der Waals surface area (Å²) in [5.41, 5.74) is 0.575. The van der Waals surface area contributed by atoms with Gasteiger partial charge in [0.15, 0.2) is 0 Å². The van der Waals surface area contributed by atoms with Crippen LogP contribution >= 0.6 is 0 Å². The molecule has 2 rings (SSSR count). The SMILES string of the molecule is O=S=NN1C(=O)c2ccccc2C1=O. The zero-order valence-electron chi connectivity index (χ0n) is 6.84. The standard InChI is InChI=1S/C8H4N2O3S/c11-7-5-3-1-2-4-6(5)8(12)10(7)9-14-13/h1-4H. The van der Waals surface area contributed by atoms with Gasteiger partial charge in [-0.05, 0) is 12.1 Å². The Bertz CT molecular complexity index is 444. The molecule has 0 saturated heterocycles. The van der Waals surface area contributed by atoms with Crippen LogP contribution in [0.1, 0.15) is 20.7 Å². The predicted molar refractivity (Wildman–Crippen MR) is 47.5 cm³/mol. The van der Waals surface area contributed by atoms with Gasteiger partial charge in [-0.1, -0.05) is 16.6 Å². The minimum atomic E-state index is -0.547. The van der Waals surface area contributed by atoms with Crippen molar-refractivity contribution in [1.82, 2.24) is 5.01 Å². The number of imide groups is 1. The molecule has 6 heteroatoms. The van der Waals surface area contributed by atoms with Crippen molar-refractivity contribution in [1.29, 1.82) is 0 Å². The fourth-order valence-electron chi connectivity index (χ4n) is 1.28. The van der Waals surface area contributed by atoms with Crippen LogP contribution in [0.3, 0.4) is 0 Å². The molecule has 5 nitrogen and oxygen atoms in total. The first-order valence-corrected chi connectivity index (χ1v) is 4.43. The highest BCUT2D eigenvalue weighted by molar-refractivity contribution is 7.54. The Kier molecular flexibility index (Phi) is 1.97. The highest BCUT2D eigenvalue weighted by Gasteiger charge is 2.35. The molecule has 70 valence electrons. The van der Waals surface area contributed by atoms with E-state index in [0.29, 0.717) is 5.01 Å². The Hall–Kier alpha value is -1.82. The van der Waals surface area contributed by atoms with Gasteiger partial charge in [0.2, 0.25) is 11.5 Å². The van der Waals surface area contributed by atoms with Gasteiger partial charge in [-0.25, -0.2) is 0 Å². The van der Waals surface area contributed by atoms with E-state index >= 15 is 0 Å². The van der Waals surface area contributed by atoms with Crippen molar-refractivity contribution in [2.24, 2.45) is 4.47 Å². The summed E-state index contributed by atoms with van der Waals surface area (Å²) in [7, 11) is 0. The number of benzene rings is 1. The Morgan fingerprint density at radius 1 is 1.07 bits per heavy atom. The topological polar surface area (TPSA) is 66.8 Å². The lowest BCUT2D eigenvalue weighted by atomic mass is 10.1. The maximum Gasteiger partial charge on any atom is 0.283 e. The fourth-order valence-corrected chi connectivity index (χ4v) is 1.50. The largest absolute Gasteiger partial charge is 0.283 e. The predicted octanol–water partition coefficient (Wildman–Crippen LogP) is 0.594. The molecule has 1 aromatic rings. The van der Waals surface area contributed by atoms with Gasteiger partial charge in [0.25, 0.3) is 11.8 Å². The average molecular weight is 208 g/mol. The van der Waals surface area contributed by atoms with E-state index in [2.05, 4.69) is 4.47 Å². The van der Waals surface area contributed by atoms with Crippen LogP contribution in [0.25, 0.3) is 0 Å². The summed E-state index contributed by atoms with van der Waals surface area (Å²) in [4.78, 5) is 22.9. The molecule has 0 N–H and O–H groups in total. The van der Waals surface area contributed by atoms with Gasteiger partial charge < -0.3 is 0 Å². The Balaban J connectivity index is 2.59. The minimum absolute atomic E-state index is 0.164. The number of hydrogen-bond donors (Lipinski definition) is 0. The lowest BCUT2D eigenvalue weighted by Crippen LogP contribution is -2.22.